The Balaban J connectivity index is 1.84. The van der Waals surface area contributed by atoms with Crippen LogP contribution < -0.4 is 4.74 Å². The van der Waals surface area contributed by atoms with Crippen LogP contribution >= 0.6 is 27.7 Å². The van der Waals surface area contributed by atoms with Crippen LogP contribution in [0.3, 0.4) is 0 Å². The van der Waals surface area contributed by atoms with Gasteiger partial charge >= 0.3 is 0 Å². The Labute approximate surface area is 125 Å². The van der Waals surface area contributed by atoms with Crippen molar-refractivity contribution in [3.8, 4) is 5.75 Å². The molecule has 0 saturated heterocycles. The van der Waals surface area contributed by atoms with Crippen LogP contribution in [0.15, 0.2) is 16.6 Å². The van der Waals surface area contributed by atoms with E-state index in [9.17, 15) is 0 Å². The SMILES string of the molecule is CSCCOc1ccc2c(nnn2CC2CC2)c1Br. The first-order valence-corrected chi connectivity index (χ1v) is 8.61. The van der Waals surface area contributed by atoms with Crippen molar-refractivity contribution in [3.05, 3.63) is 16.6 Å². The molecule has 1 heterocycles. The third-order valence-corrected chi connectivity index (χ3v) is 4.60. The van der Waals surface area contributed by atoms with Crippen molar-refractivity contribution in [2.45, 2.75) is 19.4 Å². The van der Waals surface area contributed by atoms with Crippen molar-refractivity contribution < 1.29 is 4.74 Å². The molecule has 0 unspecified atom stereocenters. The second-order valence-corrected chi connectivity index (χ2v) is 6.58. The number of halogens is 1. The summed E-state index contributed by atoms with van der Waals surface area (Å²) >= 11 is 5.36. The Morgan fingerprint density at radius 3 is 3.05 bits per heavy atom. The minimum absolute atomic E-state index is 0.710. The van der Waals surface area contributed by atoms with E-state index in [1.807, 2.05) is 10.7 Å². The molecule has 102 valence electrons. The van der Waals surface area contributed by atoms with E-state index >= 15 is 0 Å². The molecule has 1 aliphatic carbocycles. The quantitative estimate of drug-likeness (QED) is 0.755. The molecule has 0 bridgehead atoms. The van der Waals surface area contributed by atoms with Crippen molar-refractivity contribution in [1.82, 2.24) is 15.0 Å². The van der Waals surface area contributed by atoms with Gasteiger partial charge in [-0.05, 0) is 53.1 Å². The minimum Gasteiger partial charge on any atom is -0.491 e. The lowest BCUT2D eigenvalue weighted by Crippen LogP contribution is -2.02. The molecule has 0 amide bonds. The van der Waals surface area contributed by atoms with E-state index in [4.69, 9.17) is 4.74 Å². The van der Waals surface area contributed by atoms with E-state index in [1.54, 1.807) is 11.8 Å². The zero-order valence-corrected chi connectivity index (χ0v) is 13.2. The summed E-state index contributed by atoms with van der Waals surface area (Å²) in [6, 6.07) is 4.05. The van der Waals surface area contributed by atoms with Crippen LogP contribution in [0.2, 0.25) is 0 Å². The van der Waals surface area contributed by atoms with E-state index in [0.717, 1.165) is 39.5 Å². The number of hydrogen-bond acceptors (Lipinski definition) is 4. The van der Waals surface area contributed by atoms with Crippen LogP contribution in [0.1, 0.15) is 12.8 Å². The molecule has 1 aromatic heterocycles. The maximum absolute atomic E-state index is 5.74. The molecule has 6 heteroatoms. The lowest BCUT2D eigenvalue weighted by Gasteiger charge is -2.08. The summed E-state index contributed by atoms with van der Waals surface area (Å²) in [4.78, 5) is 0. The number of ether oxygens (including phenoxy) is 1. The summed E-state index contributed by atoms with van der Waals surface area (Å²) in [5.74, 6) is 2.62. The fraction of sp³-hybridized carbons (Fsp3) is 0.538. The lowest BCUT2D eigenvalue weighted by atomic mass is 10.3. The Bertz CT molecular complexity index is 583. The highest BCUT2D eigenvalue weighted by Gasteiger charge is 2.23. The molecular formula is C13H16BrN3OS. The summed E-state index contributed by atoms with van der Waals surface area (Å²) in [6.45, 7) is 1.69. The normalized spacial score (nSPS) is 15.1. The average Bonchev–Trinajstić information content (AvgIpc) is 3.13. The molecule has 0 N–H and O–H groups in total. The highest BCUT2D eigenvalue weighted by molar-refractivity contribution is 9.10. The molecule has 19 heavy (non-hydrogen) atoms. The monoisotopic (exact) mass is 341 g/mol. The van der Waals surface area contributed by atoms with Gasteiger partial charge < -0.3 is 4.74 Å². The van der Waals surface area contributed by atoms with Crippen LogP contribution in [-0.4, -0.2) is 33.6 Å². The summed E-state index contributed by atoms with van der Waals surface area (Å²) in [5, 5.41) is 8.52. The summed E-state index contributed by atoms with van der Waals surface area (Å²) < 4.78 is 8.66. The molecule has 0 aliphatic heterocycles. The molecule has 1 aliphatic rings. The predicted octanol–water partition coefficient (Wildman–Crippen LogP) is 3.35. The van der Waals surface area contributed by atoms with Crippen molar-refractivity contribution >= 4 is 38.7 Å². The van der Waals surface area contributed by atoms with Crippen molar-refractivity contribution in [3.63, 3.8) is 0 Å². The van der Waals surface area contributed by atoms with Gasteiger partial charge in [0.15, 0.2) is 0 Å². The molecule has 0 atom stereocenters. The van der Waals surface area contributed by atoms with Crippen molar-refractivity contribution in [1.29, 1.82) is 0 Å². The Hall–Kier alpha value is -0.750. The number of thioether (sulfide) groups is 1. The first-order chi connectivity index (χ1) is 9.29. The predicted molar refractivity (Wildman–Crippen MR) is 81.8 cm³/mol. The number of nitrogens with zero attached hydrogens (tertiary/aromatic N) is 3. The lowest BCUT2D eigenvalue weighted by molar-refractivity contribution is 0.342. The van der Waals surface area contributed by atoms with Gasteiger partial charge in [0.1, 0.15) is 11.3 Å². The molecule has 4 nitrogen and oxygen atoms in total. The van der Waals surface area contributed by atoms with Gasteiger partial charge in [-0.25, -0.2) is 4.68 Å². The van der Waals surface area contributed by atoms with Gasteiger partial charge in [-0.3, -0.25) is 0 Å². The maximum Gasteiger partial charge on any atom is 0.135 e. The van der Waals surface area contributed by atoms with E-state index in [1.165, 1.54) is 12.8 Å². The van der Waals surface area contributed by atoms with Crippen LogP contribution in [0.25, 0.3) is 11.0 Å². The minimum atomic E-state index is 0.710. The van der Waals surface area contributed by atoms with E-state index in [-0.39, 0.29) is 0 Å². The van der Waals surface area contributed by atoms with Crippen LogP contribution in [-0.2, 0) is 6.54 Å². The first-order valence-electron chi connectivity index (χ1n) is 6.43. The fourth-order valence-electron chi connectivity index (χ4n) is 2.01. The summed E-state index contributed by atoms with van der Waals surface area (Å²) in [5.41, 5.74) is 1.97. The highest BCUT2D eigenvalue weighted by Crippen LogP contribution is 2.34. The largest absolute Gasteiger partial charge is 0.491 e. The number of rotatable bonds is 6. The molecule has 0 spiro atoms. The van der Waals surface area contributed by atoms with Gasteiger partial charge in [0, 0.05) is 12.3 Å². The third kappa shape index (κ3) is 2.89. The first kappa shape index (κ1) is 13.2. The highest BCUT2D eigenvalue weighted by atomic mass is 79.9. The number of aromatic nitrogens is 3. The molecule has 2 aromatic rings. The van der Waals surface area contributed by atoms with Crippen LogP contribution in [0.4, 0.5) is 0 Å². The molecule has 1 saturated carbocycles. The van der Waals surface area contributed by atoms with Gasteiger partial charge in [-0.15, -0.1) is 5.10 Å². The molecule has 1 fully saturated rings. The smallest absolute Gasteiger partial charge is 0.135 e. The fourth-order valence-corrected chi connectivity index (χ4v) is 2.79. The third-order valence-electron chi connectivity index (χ3n) is 3.26. The van der Waals surface area contributed by atoms with Gasteiger partial charge in [0.2, 0.25) is 0 Å². The van der Waals surface area contributed by atoms with E-state index < -0.39 is 0 Å². The van der Waals surface area contributed by atoms with Gasteiger partial charge in [0.25, 0.3) is 0 Å². The van der Waals surface area contributed by atoms with E-state index in [2.05, 4.69) is 38.6 Å². The Morgan fingerprint density at radius 2 is 2.32 bits per heavy atom. The number of benzene rings is 1. The van der Waals surface area contributed by atoms with Crippen molar-refractivity contribution in [2.75, 3.05) is 18.6 Å². The number of fused-ring (bicyclic) bond motifs is 1. The van der Waals surface area contributed by atoms with Gasteiger partial charge in [0.05, 0.1) is 16.6 Å². The molecule has 3 rings (SSSR count). The van der Waals surface area contributed by atoms with Crippen LogP contribution in [0, 0.1) is 5.92 Å². The summed E-state index contributed by atoms with van der Waals surface area (Å²) in [6.07, 6.45) is 4.71. The standard InChI is InChI=1S/C13H16BrN3OS/c1-19-7-6-18-11-5-4-10-13(12(11)14)15-16-17(10)8-9-2-3-9/h4-5,9H,2-3,6-8H2,1H3. The zero-order chi connectivity index (χ0) is 13.2. The molecule has 0 radical (unpaired) electrons. The van der Waals surface area contributed by atoms with Gasteiger partial charge in [-0.2, -0.15) is 11.8 Å². The van der Waals surface area contributed by atoms with Gasteiger partial charge in [-0.1, -0.05) is 5.21 Å². The Morgan fingerprint density at radius 1 is 1.47 bits per heavy atom. The van der Waals surface area contributed by atoms with Crippen LogP contribution in [0.5, 0.6) is 5.75 Å². The topological polar surface area (TPSA) is 39.9 Å². The molecule has 1 aromatic carbocycles. The second kappa shape index (κ2) is 5.71. The zero-order valence-electron chi connectivity index (χ0n) is 10.8. The average molecular weight is 342 g/mol. The molecular weight excluding hydrogens is 326 g/mol. The maximum atomic E-state index is 5.74. The summed E-state index contributed by atoms with van der Waals surface area (Å²) in [7, 11) is 0. The van der Waals surface area contributed by atoms with Crippen molar-refractivity contribution in [2.24, 2.45) is 5.92 Å². The number of hydrogen-bond donors (Lipinski definition) is 0. The Kier molecular flexibility index (Phi) is 3.98. The second-order valence-electron chi connectivity index (χ2n) is 4.80. The van der Waals surface area contributed by atoms with E-state index in [0.29, 0.717) is 6.61 Å².